The van der Waals surface area contributed by atoms with Crippen molar-refractivity contribution in [2.45, 2.75) is 0 Å². The topological polar surface area (TPSA) is 75.8 Å². The van der Waals surface area contributed by atoms with Crippen molar-refractivity contribution < 1.29 is 14.6 Å². The predicted molar refractivity (Wildman–Crippen MR) is 45.0 cm³/mol. The van der Waals surface area contributed by atoms with Crippen LogP contribution in [-0.4, -0.2) is 55.9 Å². The molecule has 12 heavy (non-hydrogen) atoms. The van der Waals surface area contributed by atoms with Gasteiger partial charge in [0.05, 0.1) is 19.8 Å². The van der Waals surface area contributed by atoms with Gasteiger partial charge in [-0.05, 0) is 7.05 Å². The Morgan fingerprint density at radius 2 is 2.25 bits per heavy atom. The molecule has 0 aromatic carbocycles. The number of nitrogens with two attached hydrogens (primary N) is 1. The van der Waals surface area contributed by atoms with Gasteiger partial charge in [-0.15, -0.1) is 0 Å². The number of likely N-dealkylation sites (N-methyl/N-ethyl adjacent to an activating group) is 1. The van der Waals surface area contributed by atoms with Crippen molar-refractivity contribution in [3.63, 3.8) is 0 Å². The van der Waals surface area contributed by atoms with Gasteiger partial charge in [-0.1, -0.05) is 0 Å². The van der Waals surface area contributed by atoms with Crippen LogP contribution in [0.5, 0.6) is 0 Å². The van der Waals surface area contributed by atoms with Gasteiger partial charge in [0, 0.05) is 13.1 Å². The second-order valence-electron chi connectivity index (χ2n) is 2.53. The minimum absolute atomic E-state index is 0.0476. The van der Waals surface area contributed by atoms with E-state index < -0.39 is 5.97 Å². The Balaban J connectivity index is 3.19. The lowest BCUT2D eigenvalue weighted by Gasteiger charge is -2.13. The van der Waals surface area contributed by atoms with Crippen molar-refractivity contribution in [3.8, 4) is 0 Å². The van der Waals surface area contributed by atoms with E-state index in [0.717, 1.165) is 0 Å². The summed E-state index contributed by atoms with van der Waals surface area (Å²) in [6.45, 7) is 2.23. The predicted octanol–water partition coefficient (Wildman–Crippen LogP) is -1.02. The maximum atomic E-state index is 10.2. The van der Waals surface area contributed by atoms with E-state index in [-0.39, 0.29) is 6.54 Å². The van der Waals surface area contributed by atoms with E-state index in [4.69, 9.17) is 15.6 Å². The normalized spacial score (nSPS) is 10.6. The standard InChI is InChI=1S/C7H16N2O3/c1-9(6-7(10)11)3-5-12-4-2-8/h2-6,8H2,1H3,(H,10,11). The minimum atomic E-state index is -0.823. The van der Waals surface area contributed by atoms with E-state index in [0.29, 0.717) is 26.3 Å². The Morgan fingerprint density at radius 1 is 1.58 bits per heavy atom. The summed E-state index contributed by atoms with van der Waals surface area (Å²) in [4.78, 5) is 11.9. The highest BCUT2D eigenvalue weighted by Gasteiger charge is 2.02. The van der Waals surface area contributed by atoms with Crippen molar-refractivity contribution in [2.24, 2.45) is 5.73 Å². The van der Waals surface area contributed by atoms with Crippen LogP contribution in [0.4, 0.5) is 0 Å². The van der Waals surface area contributed by atoms with E-state index in [1.54, 1.807) is 11.9 Å². The molecule has 0 aliphatic heterocycles. The van der Waals surface area contributed by atoms with Gasteiger partial charge in [-0.2, -0.15) is 0 Å². The number of ether oxygens (including phenoxy) is 1. The van der Waals surface area contributed by atoms with Crippen molar-refractivity contribution in [1.82, 2.24) is 4.90 Å². The fraction of sp³-hybridized carbons (Fsp3) is 0.857. The quantitative estimate of drug-likeness (QED) is 0.485. The molecule has 5 heteroatoms. The zero-order chi connectivity index (χ0) is 9.40. The van der Waals surface area contributed by atoms with Gasteiger partial charge in [0.2, 0.25) is 0 Å². The molecule has 5 nitrogen and oxygen atoms in total. The average Bonchev–Trinajstić information content (AvgIpc) is 1.97. The number of carboxylic acids is 1. The third-order valence-corrected chi connectivity index (χ3v) is 1.28. The van der Waals surface area contributed by atoms with Crippen molar-refractivity contribution in [2.75, 3.05) is 39.9 Å². The highest BCUT2D eigenvalue weighted by atomic mass is 16.5. The Bertz CT molecular complexity index is 130. The first-order valence-electron chi connectivity index (χ1n) is 3.85. The largest absolute Gasteiger partial charge is 0.480 e. The van der Waals surface area contributed by atoms with Crippen LogP contribution in [0.2, 0.25) is 0 Å². The van der Waals surface area contributed by atoms with Crippen LogP contribution in [0, 0.1) is 0 Å². The van der Waals surface area contributed by atoms with Gasteiger partial charge >= 0.3 is 5.97 Å². The summed E-state index contributed by atoms with van der Waals surface area (Å²) in [6, 6.07) is 0. The summed E-state index contributed by atoms with van der Waals surface area (Å²) < 4.78 is 5.08. The van der Waals surface area contributed by atoms with E-state index >= 15 is 0 Å². The summed E-state index contributed by atoms with van der Waals surface area (Å²) in [5.74, 6) is -0.823. The molecular weight excluding hydrogens is 160 g/mol. The summed E-state index contributed by atoms with van der Waals surface area (Å²) in [5, 5.41) is 8.38. The molecule has 0 rings (SSSR count). The number of hydrogen-bond acceptors (Lipinski definition) is 4. The Morgan fingerprint density at radius 3 is 2.75 bits per heavy atom. The van der Waals surface area contributed by atoms with E-state index in [2.05, 4.69) is 0 Å². The molecule has 0 aromatic heterocycles. The fourth-order valence-electron chi connectivity index (χ4n) is 0.716. The van der Waals surface area contributed by atoms with Crippen LogP contribution >= 0.6 is 0 Å². The first kappa shape index (κ1) is 11.4. The van der Waals surface area contributed by atoms with Crippen LogP contribution in [0.3, 0.4) is 0 Å². The van der Waals surface area contributed by atoms with Crippen LogP contribution in [0.1, 0.15) is 0 Å². The van der Waals surface area contributed by atoms with Gasteiger partial charge < -0.3 is 15.6 Å². The molecule has 0 radical (unpaired) electrons. The maximum Gasteiger partial charge on any atom is 0.317 e. The Labute approximate surface area is 72.1 Å². The summed E-state index contributed by atoms with van der Waals surface area (Å²) in [7, 11) is 1.74. The molecule has 0 spiro atoms. The van der Waals surface area contributed by atoms with Crippen LogP contribution in [-0.2, 0) is 9.53 Å². The maximum absolute atomic E-state index is 10.2. The van der Waals surface area contributed by atoms with Crippen LogP contribution < -0.4 is 5.73 Å². The average molecular weight is 176 g/mol. The third-order valence-electron chi connectivity index (χ3n) is 1.28. The zero-order valence-corrected chi connectivity index (χ0v) is 7.32. The van der Waals surface area contributed by atoms with Gasteiger partial charge in [0.15, 0.2) is 0 Å². The second-order valence-corrected chi connectivity index (χ2v) is 2.53. The molecule has 0 aliphatic rings. The lowest BCUT2D eigenvalue weighted by Crippen LogP contribution is -2.29. The first-order chi connectivity index (χ1) is 5.66. The molecular formula is C7H16N2O3. The lowest BCUT2D eigenvalue weighted by molar-refractivity contribution is -0.138. The van der Waals surface area contributed by atoms with Crippen molar-refractivity contribution in [3.05, 3.63) is 0 Å². The van der Waals surface area contributed by atoms with Crippen LogP contribution in [0.15, 0.2) is 0 Å². The molecule has 0 atom stereocenters. The zero-order valence-electron chi connectivity index (χ0n) is 7.32. The molecule has 0 saturated carbocycles. The number of aliphatic carboxylic acids is 1. The van der Waals surface area contributed by atoms with E-state index in [1.165, 1.54) is 0 Å². The van der Waals surface area contributed by atoms with Gasteiger partial charge in [0.1, 0.15) is 0 Å². The van der Waals surface area contributed by atoms with Gasteiger partial charge in [-0.25, -0.2) is 0 Å². The summed E-state index contributed by atoms with van der Waals surface area (Å²) >= 11 is 0. The Kier molecular flexibility index (Phi) is 6.64. The molecule has 0 aliphatic carbocycles. The number of hydrogen-bond donors (Lipinski definition) is 2. The smallest absolute Gasteiger partial charge is 0.317 e. The van der Waals surface area contributed by atoms with Crippen LogP contribution in [0.25, 0.3) is 0 Å². The molecule has 0 fully saturated rings. The molecule has 3 N–H and O–H groups in total. The summed E-state index contributed by atoms with van der Waals surface area (Å²) in [6.07, 6.45) is 0. The van der Waals surface area contributed by atoms with E-state index in [9.17, 15) is 4.79 Å². The molecule has 0 aromatic rings. The number of rotatable bonds is 7. The molecule has 0 heterocycles. The highest BCUT2D eigenvalue weighted by molar-refractivity contribution is 5.68. The monoisotopic (exact) mass is 176 g/mol. The van der Waals surface area contributed by atoms with Crippen molar-refractivity contribution >= 4 is 5.97 Å². The molecule has 0 amide bonds. The van der Waals surface area contributed by atoms with E-state index in [1.807, 2.05) is 0 Å². The number of carbonyl (C=O) groups is 1. The number of nitrogens with zero attached hydrogens (tertiary/aromatic N) is 1. The summed E-state index contributed by atoms with van der Waals surface area (Å²) in [5.41, 5.74) is 5.19. The molecule has 0 bridgehead atoms. The molecule has 0 unspecified atom stereocenters. The number of carboxylic acid groups (broad SMARTS) is 1. The van der Waals surface area contributed by atoms with Crippen molar-refractivity contribution in [1.29, 1.82) is 0 Å². The highest BCUT2D eigenvalue weighted by Crippen LogP contribution is 1.82. The first-order valence-corrected chi connectivity index (χ1v) is 3.85. The SMILES string of the molecule is CN(CCOCCN)CC(=O)O. The lowest BCUT2D eigenvalue weighted by atomic mass is 10.5. The molecule has 72 valence electrons. The fourth-order valence-corrected chi connectivity index (χ4v) is 0.716. The second kappa shape index (κ2) is 7.02. The van der Waals surface area contributed by atoms with Gasteiger partial charge in [0.25, 0.3) is 0 Å². The van der Waals surface area contributed by atoms with Gasteiger partial charge in [-0.3, -0.25) is 9.69 Å². The third kappa shape index (κ3) is 7.46. The Hall–Kier alpha value is -0.650. The molecule has 0 saturated heterocycles. The minimum Gasteiger partial charge on any atom is -0.480 e.